The van der Waals surface area contributed by atoms with Gasteiger partial charge in [0.1, 0.15) is 11.5 Å². The van der Waals surface area contributed by atoms with E-state index in [1.165, 1.54) is 29.2 Å². The van der Waals surface area contributed by atoms with Crippen LogP contribution >= 0.6 is 27.7 Å². The van der Waals surface area contributed by atoms with E-state index in [2.05, 4.69) is 20.9 Å². The highest BCUT2D eigenvalue weighted by Crippen LogP contribution is 2.36. The molecule has 1 N–H and O–H groups in total. The lowest BCUT2D eigenvalue weighted by Gasteiger charge is -2.12. The van der Waals surface area contributed by atoms with Gasteiger partial charge in [0.15, 0.2) is 5.17 Å². The van der Waals surface area contributed by atoms with Crippen LogP contribution in [0.4, 0.5) is 11.4 Å². The van der Waals surface area contributed by atoms with Gasteiger partial charge >= 0.3 is 5.97 Å². The molecule has 2 heterocycles. The normalized spacial score (nSPS) is 15.9. The summed E-state index contributed by atoms with van der Waals surface area (Å²) in [5.41, 5.74) is 1.13. The first kappa shape index (κ1) is 23.5. The van der Waals surface area contributed by atoms with Crippen molar-refractivity contribution in [1.29, 1.82) is 0 Å². The van der Waals surface area contributed by atoms with Crippen LogP contribution in [0.1, 0.15) is 23.0 Å². The molecule has 9 nitrogen and oxygen atoms in total. The predicted octanol–water partition coefficient (Wildman–Crippen LogP) is 5.94. The van der Waals surface area contributed by atoms with Crippen molar-refractivity contribution >= 4 is 62.2 Å². The van der Waals surface area contributed by atoms with Crippen molar-refractivity contribution in [3.05, 3.63) is 85.4 Å². The standard InChI is InChI=1S/C23H16BrN3O6S/c1-2-26-21(28)20(34-23(26)25-14-5-3-4-13(10-14)22(29)30)12-16-7-9-19(33-16)17-8-6-15(27(31)32)11-18(17)24/h3-12H,2H2,1H3,(H,29,30)/b20-12+,25-23?. The van der Waals surface area contributed by atoms with Crippen LogP contribution in [0.5, 0.6) is 0 Å². The molecule has 172 valence electrons. The second-order valence-electron chi connectivity index (χ2n) is 7.03. The third-order valence-electron chi connectivity index (χ3n) is 4.85. The maximum atomic E-state index is 12.9. The number of benzene rings is 2. The second-order valence-corrected chi connectivity index (χ2v) is 8.90. The maximum Gasteiger partial charge on any atom is 0.335 e. The lowest BCUT2D eigenvalue weighted by molar-refractivity contribution is -0.384. The summed E-state index contributed by atoms with van der Waals surface area (Å²) in [5.74, 6) is -0.384. The Morgan fingerprint density at radius 3 is 2.74 bits per heavy atom. The number of carbonyl (C=O) groups is 2. The molecule has 4 rings (SSSR count). The third kappa shape index (κ3) is 4.80. The van der Waals surface area contributed by atoms with E-state index in [1.807, 2.05) is 6.92 Å². The van der Waals surface area contributed by atoms with E-state index in [9.17, 15) is 24.8 Å². The number of nitrogens with zero attached hydrogens (tertiary/aromatic N) is 3. The SMILES string of the molecule is CCN1C(=O)/C(=C\c2ccc(-c3ccc([N+](=O)[O-])cc3Br)o2)SC1=Nc1cccc(C(=O)O)c1. The summed E-state index contributed by atoms with van der Waals surface area (Å²) in [6, 6.07) is 14.0. The summed E-state index contributed by atoms with van der Waals surface area (Å²) in [5, 5.41) is 20.6. The quantitative estimate of drug-likeness (QED) is 0.232. The minimum Gasteiger partial charge on any atom is -0.478 e. The molecule has 0 bridgehead atoms. The number of nitro benzene ring substituents is 1. The fourth-order valence-corrected chi connectivity index (χ4v) is 4.82. The Labute approximate surface area is 206 Å². The molecular weight excluding hydrogens is 526 g/mol. The molecule has 0 saturated carbocycles. The third-order valence-corrected chi connectivity index (χ3v) is 6.51. The first-order valence-electron chi connectivity index (χ1n) is 9.94. The number of hydrogen-bond acceptors (Lipinski definition) is 7. The number of likely N-dealkylation sites (N-methyl/N-ethyl adjacent to an activating group) is 1. The van der Waals surface area contributed by atoms with E-state index < -0.39 is 10.9 Å². The molecule has 0 radical (unpaired) electrons. The van der Waals surface area contributed by atoms with E-state index in [1.54, 1.807) is 36.4 Å². The average molecular weight is 542 g/mol. The molecule has 1 fully saturated rings. The summed E-state index contributed by atoms with van der Waals surface area (Å²) in [6.07, 6.45) is 1.61. The van der Waals surface area contributed by atoms with Crippen LogP contribution in [0.15, 0.2) is 73.4 Å². The predicted molar refractivity (Wildman–Crippen MR) is 132 cm³/mol. The van der Waals surface area contributed by atoms with Gasteiger partial charge in [-0.3, -0.25) is 19.8 Å². The Balaban J connectivity index is 1.61. The maximum absolute atomic E-state index is 12.9. The number of furan rings is 1. The van der Waals surface area contributed by atoms with Gasteiger partial charge in [-0.2, -0.15) is 0 Å². The summed E-state index contributed by atoms with van der Waals surface area (Å²) in [7, 11) is 0. The van der Waals surface area contributed by atoms with Crippen LogP contribution in [0.3, 0.4) is 0 Å². The molecule has 0 unspecified atom stereocenters. The molecule has 0 spiro atoms. The number of carbonyl (C=O) groups excluding carboxylic acids is 1. The van der Waals surface area contributed by atoms with Crippen molar-refractivity contribution in [2.45, 2.75) is 6.92 Å². The van der Waals surface area contributed by atoms with Crippen molar-refractivity contribution < 1.29 is 24.0 Å². The lowest BCUT2D eigenvalue weighted by Crippen LogP contribution is -2.28. The smallest absolute Gasteiger partial charge is 0.335 e. The van der Waals surface area contributed by atoms with Gasteiger partial charge in [0, 0.05) is 34.8 Å². The second kappa shape index (κ2) is 9.65. The van der Waals surface area contributed by atoms with E-state index in [4.69, 9.17) is 4.42 Å². The van der Waals surface area contributed by atoms with E-state index >= 15 is 0 Å². The number of rotatable bonds is 6. The van der Waals surface area contributed by atoms with Crippen LogP contribution in [-0.2, 0) is 4.79 Å². The summed E-state index contributed by atoms with van der Waals surface area (Å²) in [6.45, 7) is 2.21. The highest BCUT2D eigenvalue weighted by atomic mass is 79.9. The number of aliphatic imine (C=N–C) groups is 1. The van der Waals surface area contributed by atoms with Crippen molar-refractivity contribution in [2.24, 2.45) is 4.99 Å². The zero-order valence-electron chi connectivity index (χ0n) is 17.6. The van der Waals surface area contributed by atoms with E-state index in [0.29, 0.717) is 43.9 Å². The number of non-ortho nitro benzene ring substituents is 1. The van der Waals surface area contributed by atoms with Crippen LogP contribution in [-0.4, -0.2) is 38.5 Å². The van der Waals surface area contributed by atoms with Crippen molar-refractivity contribution in [3.8, 4) is 11.3 Å². The number of thioether (sulfide) groups is 1. The van der Waals surface area contributed by atoms with E-state index in [-0.39, 0.29) is 17.2 Å². The Kier molecular flexibility index (Phi) is 6.66. The Hall–Kier alpha value is -3.70. The molecule has 3 aromatic rings. The molecule has 11 heteroatoms. The number of hydrogen-bond donors (Lipinski definition) is 1. The number of amides is 1. The number of aromatic carboxylic acids is 1. The van der Waals surface area contributed by atoms with Gasteiger partial charge in [-0.05, 0) is 71.0 Å². The highest BCUT2D eigenvalue weighted by molar-refractivity contribution is 9.10. The zero-order valence-corrected chi connectivity index (χ0v) is 20.0. The van der Waals surface area contributed by atoms with Gasteiger partial charge in [-0.25, -0.2) is 9.79 Å². The van der Waals surface area contributed by atoms with Gasteiger partial charge in [-0.15, -0.1) is 0 Å². The number of amidine groups is 1. The summed E-state index contributed by atoms with van der Waals surface area (Å²) >= 11 is 4.50. The van der Waals surface area contributed by atoms with Crippen molar-refractivity contribution in [1.82, 2.24) is 4.90 Å². The first-order valence-corrected chi connectivity index (χ1v) is 11.6. The molecular formula is C23H16BrN3O6S. The Morgan fingerprint density at radius 2 is 2.06 bits per heavy atom. The van der Waals surface area contributed by atoms with Gasteiger partial charge in [-0.1, -0.05) is 6.07 Å². The topological polar surface area (TPSA) is 126 Å². The van der Waals surface area contributed by atoms with Crippen LogP contribution < -0.4 is 0 Å². The minimum atomic E-state index is -1.06. The molecule has 34 heavy (non-hydrogen) atoms. The molecule has 1 aromatic heterocycles. The minimum absolute atomic E-state index is 0.0437. The highest BCUT2D eigenvalue weighted by Gasteiger charge is 2.32. The van der Waals surface area contributed by atoms with Crippen LogP contribution in [0.2, 0.25) is 0 Å². The summed E-state index contributed by atoms with van der Waals surface area (Å²) < 4.78 is 6.37. The average Bonchev–Trinajstić information content (AvgIpc) is 3.38. The largest absolute Gasteiger partial charge is 0.478 e. The van der Waals surface area contributed by atoms with Crippen LogP contribution in [0, 0.1) is 10.1 Å². The van der Waals surface area contributed by atoms with E-state index in [0.717, 1.165) is 11.8 Å². The number of carboxylic acids is 1. The van der Waals surface area contributed by atoms with Crippen molar-refractivity contribution in [3.63, 3.8) is 0 Å². The van der Waals surface area contributed by atoms with Gasteiger partial charge < -0.3 is 9.52 Å². The number of halogens is 1. The summed E-state index contributed by atoms with van der Waals surface area (Å²) in [4.78, 5) is 41.0. The molecule has 1 aliphatic heterocycles. The fourth-order valence-electron chi connectivity index (χ4n) is 3.21. The Bertz CT molecular complexity index is 1380. The van der Waals surface area contributed by atoms with Crippen molar-refractivity contribution in [2.75, 3.05) is 6.54 Å². The van der Waals surface area contributed by atoms with Gasteiger partial charge in [0.2, 0.25) is 0 Å². The molecule has 1 aliphatic rings. The lowest BCUT2D eigenvalue weighted by atomic mass is 10.1. The number of nitro groups is 1. The molecule has 2 aromatic carbocycles. The molecule has 1 saturated heterocycles. The Morgan fingerprint density at radius 1 is 1.26 bits per heavy atom. The molecule has 1 amide bonds. The van der Waals surface area contributed by atoms with Gasteiger partial charge in [0.25, 0.3) is 11.6 Å². The van der Waals surface area contributed by atoms with Gasteiger partial charge in [0.05, 0.1) is 21.1 Å². The fraction of sp³-hybridized carbons (Fsp3) is 0.0870. The molecule has 0 aliphatic carbocycles. The monoisotopic (exact) mass is 541 g/mol. The van der Waals surface area contributed by atoms with Crippen LogP contribution in [0.25, 0.3) is 17.4 Å². The molecule has 0 atom stereocenters. The number of carboxylic acid groups (broad SMARTS) is 1. The zero-order chi connectivity index (χ0) is 24.4. The first-order chi connectivity index (χ1) is 16.3.